The Hall–Kier alpha value is -0.990. The van der Waals surface area contributed by atoms with Gasteiger partial charge in [-0.1, -0.05) is 60.1 Å². The van der Waals surface area contributed by atoms with Gasteiger partial charge < -0.3 is 15.3 Å². The lowest BCUT2D eigenvalue weighted by Crippen LogP contribution is -2.68. The third-order valence-electron chi connectivity index (χ3n) is 18.4. The second-order valence-electron chi connectivity index (χ2n) is 20.8. The number of rotatable bonds is 8. The average molecular weight is 731 g/mol. The monoisotopic (exact) mass is 731 g/mol. The van der Waals surface area contributed by atoms with Crippen molar-refractivity contribution in [1.29, 1.82) is 0 Å². The van der Waals surface area contributed by atoms with Gasteiger partial charge >= 0.3 is 5.97 Å². The summed E-state index contributed by atoms with van der Waals surface area (Å²) in [5, 5.41) is 14.1. The molecule has 2 N–H and O–H groups in total. The molecule has 5 saturated carbocycles. The Balaban J connectivity index is 1.11. The van der Waals surface area contributed by atoms with Crippen molar-refractivity contribution in [3.8, 4) is 0 Å². The smallest absolute Gasteiger partial charge is 0.312 e. The Morgan fingerprint density at radius 3 is 2.22 bits per heavy atom. The van der Waals surface area contributed by atoms with Crippen molar-refractivity contribution in [1.82, 2.24) is 10.2 Å². The molecule has 0 radical (unpaired) electrons. The van der Waals surface area contributed by atoms with E-state index in [-0.39, 0.29) is 16.4 Å². The molecular weight excluding hydrogens is 660 g/mol. The Morgan fingerprint density at radius 2 is 1.59 bits per heavy atom. The minimum absolute atomic E-state index is 0.0636. The maximum atomic E-state index is 14.0. The highest BCUT2D eigenvalue weighted by Gasteiger charge is 2.70. The molecule has 6 nitrogen and oxygen atoms in total. The molecule has 0 aromatic heterocycles. The Morgan fingerprint density at radius 1 is 0.902 bits per heavy atom. The van der Waals surface area contributed by atoms with Crippen LogP contribution in [0.5, 0.6) is 0 Å². The molecular formula is C43H71FN2O4S. The number of fused-ring (bicyclic) bond motifs is 7. The first-order chi connectivity index (χ1) is 23.9. The molecule has 7 rings (SSSR count). The molecule has 9 unspecified atom stereocenters. The first-order valence-electron chi connectivity index (χ1n) is 21.1. The molecule has 0 bridgehead atoms. The molecule has 51 heavy (non-hydrogen) atoms. The Bertz CT molecular complexity index is 1470. The van der Waals surface area contributed by atoms with Crippen LogP contribution in [0.4, 0.5) is 4.39 Å². The molecule has 1 heterocycles. The molecule has 7 aliphatic rings. The highest BCUT2D eigenvalue weighted by atomic mass is 32.2. The summed E-state index contributed by atoms with van der Waals surface area (Å²) in [6.07, 6.45) is 16.6. The van der Waals surface area contributed by atoms with Crippen LogP contribution in [-0.2, 0) is 14.6 Å². The standard InChI is InChI=1S/C43H71FN2O4S/c1-29(2)31-12-19-43(45-22-23-46-24-26-51(49,50)27-25-46)21-20-40(6)33(36(31)43)8-9-35-39(5)15-13-32(38(3,4)34(39)14-16-41(35,40)7)30-10-17-42(28-44,18-11-30)37(47)48/h13,29-31,33-36,45H,8-12,14-28H2,1-7H3,(H,47,48). The van der Waals surface area contributed by atoms with E-state index in [4.69, 9.17) is 0 Å². The zero-order valence-electron chi connectivity index (χ0n) is 33.2. The number of hydrogen-bond acceptors (Lipinski definition) is 5. The summed E-state index contributed by atoms with van der Waals surface area (Å²) in [5.41, 5.74) is 1.49. The first kappa shape index (κ1) is 38.3. The van der Waals surface area contributed by atoms with Crippen molar-refractivity contribution in [2.75, 3.05) is 44.4 Å². The highest BCUT2D eigenvalue weighted by Crippen LogP contribution is 2.76. The van der Waals surface area contributed by atoms with Crippen LogP contribution in [0, 0.1) is 68.5 Å². The number of nitrogens with one attached hydrogen (secondary N) is 1. The van der Waals surface area contributed by atoms with Crippen LogP contribution in [0.2, 0.25) is 0 Å². The summed E-state index contributed by atoms with van der Waals surface area (Å²) < 4.78 is 38.1. The maximum absolute atomic E-state index is 14.0. The number of carboxylic acid groups (broad SMARTS) is 1. The minimum atomic E-state index is -2.86. The van der Waals surface area contributed by atoms with Crippen LogP contribution in [0.1, 0.15) is 132 Å². The predicted molar refractivity (Wildman–Crippen MR) is 204 cm³/mol. The summed E-state index contributed by atoms with van der Waals surface area (Å²) in [7, 11) is -2.86. The fourth-order valence-electron chi connectivity index (χ4n) is 15.3. The van der Waals surface area contributed by atoms with Crippen molar-refractivity contribution < 1.29 is 22.7 Å². The maximum Gasteiger partial charge on any atom is 0.312 e. The second-order valence-corrected chi connectivity index (χ2v) is 23.1. The molecule has 0 amide bonds. The lowest BCUT2D eigenvalue weighted by molar-refractivity contribution is -0.223. The number of allylic oxidation sites excluding steroid dienone is 2. The van der Waals surface area contributed by atoms with E-state index in [1.165, 1.54) is 51.4 Å². The number of sulfone groups is 1. The van der Waals surface area contributed by atoms with Crippen LogP contribution < -0.4 is 5.32 Å². The van der Waals surface area contributed by atoms with Crippen molar-refractivity contribution in [3.05, 3.63) is 11.6 Å². The summed E-state index contributed by atoms with van der Waals surface area (Å²) in [5.74, 6) is 4.19. The van der Waals surface area contributed by atoms with Crippen LogP contribution in [0.3, 0.4) is 0 Å². The summed E-state index contributed by atoms with van der Waals surface area (Å²) in [6.45, 7) is 20.6. The quantitative estimate of drug-likeness (QED) is 0.244. The lowest BCUT2D eigenvalue weighted by atomic mass is 9.32. The number of aliphatic carboxylic acids is 1. The van der Waals surface area contributed by atoms with Crippen molar-refractivity contribution in [2.24, 2.45) is 68.5 Å². The molecule has 0 aromatic carbocycles. The highest BCUT2D eigenvalue weighted by molar-refractivity contribution is 7.91. The molecule has 0 aromatic rings. The van der Waals surface area contributed by atoms with Gasteiger partial charge in [-0.05, 0) is 147 Å². The Kier molecular flexibility index (Phi) is 9.80. The van der Waals surface area contributed by atoms with Crippen molar-refractivity contribution in [3.63, 3.8) is 0 Å². The summed E-state index contributed by atoms with van der Waals surface area (Å²) in [6, 6.07) is 0. The van der Waals surface area contributed by atoms with Gasteiger partial charge in [-0.25, -0.2) is 12.8 Å². The van der Waals surface area contributed by atoms with Crippen LogP contribution in [0.15, 0.2) is 11.6 Å². The zero-order chi connectivity index (χ0) is 36.8. The van der Waals surface area contributed by atoms with Gasteiger partial charge in [0.05, 0.1) is 16.9 Å². The summed E-state index contributed by atoms with van der Waals surface area (Å²) in [4.78, 5) is 14.4. The van der Waals surface area contributed by atoms with E-state index in [1.807, 2.05) is 0 Å². The predicted octanol–water partition coefficient (Wildman–Crippen LogP) is 8.56. The van der Waals surface area contributed by atoms with Crippen LogP contribution in [-0.4, -0.2) is 74.3 Å². The van der Waals surface area contributed by atoms with E-state index < -0.39 is 27.9 Å². The molecule has 290 valence electrons. The van der Waals surface area contributed by atoms with Gasteiger partial charge in [0.2, 0.25) is 0 Å². The van der Waals surface area contributed by atoms with Gasteiger partial charge in [0.15, 0.2) is 9.84 Å². The number of carboxylic acids is 1. The average Bonchev–Trinajstić information content (AvgIpc) is 3.46. The van der Waals surface area contributed by atoms with Gasteiger partial charge in [0, 0.05) is 31.7 Å². The number of hydrogen-bond donors (Lipinski definition) is 2. The zero-order valence-corrected chi connectivity index (χ0v) is 34.0. The van der Waals surface area contributed by atoms with Gasteiger partial charge in [0.25, 0.3) is 0 Å². The van der Waals surface area contributed by atoms with Crippen LogP contribution in [0.25, 0.3) is 0 Å². The Labute approximate surface area is 309 Å². The fourth-order valence-corrected chi connectivity index (χ4v) is 16.6. The minimum Gasteiger partial charge on any atom is -0.481 e. The van der Waals surface area contributed by atoms with E-state index in [2.05, 4.69) is 64.8 Å². The molecule has 0 spiro atoms. The lowest BCUT2D eigenvalue weighted by Gasteiger charge is -2.72. The van der Waals surface area contributed by atoms with Gasteiger partial charge in [-0.3, -0.25) is 4.79 Å². The first-order valence-corrected chi connectivity index (χ1v) is 22.9. The van der Waals surface area contributed by atoms with Crippen LogP contribution >= 0.6 is 0 Å². The molecule has 1 aliphatic heterocycles. The van der Waals surface area contributed by atoms with E-state index in [9.17, 15) is 22.7 Å². The number of alkyl halides is 1. The third-order valence-corrected chi connectivity index (χ3v) is 20.0. The normalized spacial score (nSPS) is 47.8. The number of nitrogens with zero attached hydrogens (tertiary/aromatic N) is 1. The number of carbonyl (C=O) groups is 1. The third kappa shape index (κ3) is 5.85. The SMILES string of the molecule is CC(C)C1CCC2(NCCN3CCS(=O)(=O)CC3)CCC3(C)C(CCC4C5(C)CC=C(C6CCC(CF)(C(=O)O)CC6)C(C)(C)C5CCC43C)C12. The molecule has 8 heteroatoms. The number of halogens is 1. The van der Waals surface area contributed by atoms with Crippen molar-refractivity contribution in [2.45, 2.75) is 137 Å². The van der Waals surface area contributed by atoms with Gasteiger partial charge in [-0.2, -0.15) is 0 Å². The summed E-state index contributed by atoms with van der Waals surface area (Å²) >= 11 is 0. The van der Waals surface area contributed by atoms with E-state index in [0.29, 0.717) is 77.9 Å². The van der Waals surface area contributed by atoms with Gasteiger partial charge in [0.1, 0.15) is 6.67 Å². The molecule has 6 fully saturated rings. The molecule has 6 aliphatic carbocycles. The fraction of sp³-hybridized carbons (Fsp3) is 0.930. The molecule has 9 atom stereocenters. The van der Waals surface area contributed by atoms with Gasteiger partial charge in [-0.15, -0.1) is 0 Å². The van der Waals surface area contributed by atoms with E-state index >= 15 is 0 Å². The largest absolute Gasteiger partial charge is 0.481 e. The van der Waals surface area contributed by atoms with Crippen molar-refractivity contribution >= 4 is 15.8 Å². The van der Waals surface area contributed by atoms with E-state index in [1.54, 1.807) is 5.57 Å². The molecule has 1 saturated heterocycles. The van der Waals surface area contributed by atoms with E-state index in [0.717, 1.165) is 44.2 Å². The second kappa shape index (κ2) is 13.1. The topological polar surface area (TPSA) is 86.7 Å².